The van der Waals surface area contributed by atoms with Gasteiger partial charge in [0.05, 0.1) is 6.61 Å². The summed E-state index contributed by atoms with van der Waals surface area (Å²) < 4.78 is 10.7. The van der Waals surface area contributed by atoms with E-state index in [4.69, 9.17) is 9.47 Å². The summed E-state index contributed by atoms with van der Waals surface area (Å²) in [6.45, 7) is 7.10. The van der Waals surface area contributed by atoms with Crippen LogP contribution < -0.4 is 5.32 Å². The number of guanidine groups is 1. The van der Waals surface area contributed by atoms with E-state index in [2.05, 4.69) is 29.2 Å². The normalized spacial score (nSPS) is 14.8. The van der Waals surface area contributed by atoms with Crippen molar-refractivity contribution in [3.05, 3.63) is 0 Å². The first-order valence-corrected chi connectivity index (χ1v) is 7.34. The summed E-state index contributed by atoms with van der Waals surface area (Å²) in [5.74, 6) is 1.79. The largest absolute Gasteiger partial charge is 0.385 e. The highest BCUT2D eigenvalue weighted by Gasteiger charge is 2.21. The third-order valence-corrected chi connectivity index (χ3v) is 3.09. The number of hydrogen-bond donors (Lipinski definition) is 1. The van der Waals surface area contributed by atoms with Crippen molar-refractivity contribution >= 4 is 29.9 Å². The molecule has 1 saturated carbocycles. The maximum atomic E-state index is 5.66. The van der Waals surface area contributed by atoms with Gasteiger partial charge < -0.3 is 19.7 Å². The Morgan fingerprint density at radius 3 is 2.70 bits per heavy atom. The van der Waals surface area contributed by atoms with Crippen LogP contribution in [0, 0.1) is 5.92 Å². The second-order valence-corrected chi connectivity index (χ2v) is 5.02. The fourth-order valence-electron chi connectivity index (χ4n) is 1.71. The first-order chi connectivity index (χ1) is 9.27. The first-order valence-electron chi connectivity index (χ1n) is 7.34. The molecule has 0 aromatic carbocycles. The van der Waals surface area contributed by atoms with E-state index in [1.165, 1.54) is 12.8 Å². The first kappa shape index (κ1) is 19.9. The van der Waals surface area contributed by atoms with Crippen molar-refractivity contribution in [3.8, 4) is 0 Å². The number of nitrogens with one attached hydrogen (secondary N) is 1. The summed E-state index contributed by atoms with van der Waals surface area (Å²) in [5, 5.41) is 3.30. The van der Waals surface area contributed by atoms with E-state index < -0.39 is 0 Å². The molecule has 0 atom stereocenters. The Bertz CT molecular complexity index is 261. The Hall–Kier alpha value is -0.0800. The summed E-state index contributed by atoms with van der Waals surface area (Å²) in [6, 6.07) is 0. The van der Waals surface area contributed by atoms with Crippen LogP contribution in [-0.2, 0) is 9.47 Å². The van der Waals surface area contributed by atoms with E-state index in [9.17, 15) is 0 Å². The molecule has 120 valence electrons. The number of aliphatic imine (C=N–C) groups is 1. The lowest BCUT2D eigenvalue weighted by Crippen LogP contribution is -2.40. The van der Waals surface area contributed by atoms with Crippen LogP contribution in [0.25, 0.3) is 0 Å². The van der Waals surface area contributed by atoms with Gasteiger partial charge in [-0.15, -0.1) is 24.0 Å². The lowest BCUT2D eigenvalue weighted by atomic mass is 10.4. The van der Waals surface area contributed by atoms with Gasteiger partial charge >= 0.3 is 0 Å². The van der Waals surface area contributed by atoms with Crippen LogP contribution in [0.2, 0.25) is 0 Å². The molecule has 0 aromatic heterocycles. The van der Waals surface area contributed by atoms with Gasteiger partial charge in [0.1, 0.15) is 0 Å². The average Bonchev–Trinajstić information content (AvgIpc) is 3.22. The van der Waals surface area contributed by atoms with Crippen molar-refractivity contribution in [1.82, 2.24) is 10.2 Å². The van der Waals surface area contributed by atoms with Crippen LogP contribution in [0.5, 0.6) is 0 Å². The highest BCUT2D eigenvalue weighted by atomic mass is 127. The minimum absolute atomic E-state index is 0. The third-order valence-electron chi connectivity index (χ3n) is 3.09. The van der Waals surface area contributed by atoms with Crippen molar-refractivity contribution in [2.75, 3.05) is 53.6 Å². The Morgan fingerprint density at radius 2 is 2.10 bits per heavy atom. The molecule has 0 spiro atoms. The van der Waals surface area contributed by atoms with Crippen molar-refractivity contribution in [2.24, 2.45) is 10.9 Å². The second kappa shape index (κ2) is 12.6. The zero-order valence-corrected chi connectivity index (χ0v) is 15.4. The molecule has 1 aliphatic carbocycles. The van der Waals surface area contributed by atoms with Gasteiger partial charge in [-0.25, -0.2) is 0 Å². The smallest absolute Gasteiger partial charge is 0.193 e. The van der Waals surface area contributed by atoms with Gasteiger partial charge in [0, 0.05) is 47.0 Å². The zero-order chi connectivity index (χ0) is 13.9. The van der Waals surface area contributed by atoms with Crippen LogP contribution in [-0.4, -0.2) is 64.5 Å². The molecule has 0 amide bonds. The predicted molar refractivity (Wildman–Crippen MR) is 94.1 cm³/mol. The van der Waals surface area contributed by atoms with Crippen molar-refractivity contribution in [1.29, 1.82) is 0 Å². The summed E-state index contributed by atoms with van der Waals surface area (Å²) in [4.78, 5) is 6.70. The molecule has 1 N–H and O–H groups in total. The third kappa shape index (κ3) is 9.77. The van der Waals surface area contributed by atoms with Gasteiger partial charge in [0.25, 0.3) is 0 Å². The molecule has 1 rings (SSSR count). The SMILES string of the molecule is CCNC(=NCCCOC)N(C)CCOCC1CC1.I. The van der Waals surface area contributed by atoms with Crippen LogP contribution >= 0.6 is 24.0 Å². The fourth-order valence-corrected chi connectivity index (χ4v) is 1.71. The Morgan fingerprint density at radius 1 is 1.35 bits per heavy atom. The number of ether oxygens (including phenoxy) is 2. The topological polar surface area (TPSA) is 46.1 Å². The molecule has 0 aromatic rings. The lowest BCUT2D eigenvalue weighted by Gasteiger charge is -2.22. The zero-order valence-electron chi connectivity index (χ0n) is 13.1. The van der Waals surface area contributed by atoms with Gasteiger partial charge in [-0.1, -0.05) is 0 Å². The number of halogens is 1. The van der Waals surface area contributed by atoms with Crippen molar-refractivity contribution in [2.45, 2.75) is 26.2 Å². The second-order valence-electron chi connectivity index (χ2n) is 5.02. The van der Waals surface area contributed by atoms with Gasteiger partial charge in [-0.3, -0.25) is 4.99 Å². The van der Waals surface area contributed by atoms with E-state index in [0.29, 0.717) is 0 Å². The number of rotatable bonds is 10. The molecule has 6 heteroatoms. The number of methoxy groups -OCH3 is 1. The fraction of sp³-hybridized carbons (Fsp3) is 0.929. The Kier molecular flexibility index (Phi) is 12.6. The average molecular weight is 399 g/mol. The van der Waals surface area contributed by atoms with E-state index in [1.807, 2.05) is 0 Å². The maximum Gasteiger partial charge on any atom is 0.193 e. The standard InChI is InChI=1S/C14H29N3O2.HI/c1-4-15-14(16-8-5-10-18-3)17(2)9-11-19-12-13-6-7-13;/h13H,4-12H2,1-3H3,(H,15,16);1H. The number of nitrogens with zero attached hydrogens (tertiary/aromatic N) is 2. The minimum atomic E-state index is 0. The molecule has 0 radical (unpaired) electrons. The Labute approximate surface area is 140 Å². The predicted octanol–water partition coefficient (Wildman–Crippen LogP) is 1.96. The van der Waals surface area contributed by atoms with Gasteiger partial charge in [-0.2, -0.15) is 0 Å². The van der Waals surface area contributed by atoms with Gasteiger partial charge in [0.15, 0.2) is 5.96 Å². The highest BCUT2D eigenvalue weighted by molar-refractivity contribution is 14.0. The monoisotopic (exact) mass is 399 g/mol. The lowest BCUT2D eigenvalue weighted by molar-refractivity contribution is 0.115. The summed E-state index contributed by atoms with van der Waals surface area (Å²) in [5.41, 5.74) is 0. The molecule has 0 aliphatic heterocycles. The summed E-state index contributed by atoms with van der Waals surface area (Å²) in [7, 11) is 3.77. The van der Waals surface area contributed by atoms with Crippen molar-refractivity contribution < 1.29 is 9.47 Å². The quantitative estimate of drug-likeness (QED) is 0.264. The van der Waals surface area contributed by atoms with Crippen LogP contribution in [0.3, 0.4) is 0 Å². The molecule has 5 nitrogen and oxygen atoms in total. The Balaban J connectivity index is 0.00000361. The number of hydrogen-bond acceptors (Lipinski definition) is 3. The molecule has 1 fully saturated rings. The van der Waals surface area contributed by atoms with Gasteiger partial charge in [0.2, 0.25) is 0 Å². The molecule has 0 bridgehead atoms. The molecule has 0 unspecified atom stereocenters. The van der Waals surface area contributed by atoms with E-state index in [1.54, 1.807) is 7.11 Å². The van der Waals surface area contributed by atoms with E-state index in [0.717, 1.165) is 57.8 Å². The molecular formula is C14H30IN3O2. The summed E-state index contributed by atoms with van der Waals surface area (Å²) in [6.07, 6.45) is 3.65. The number of likely N-dealkylation sites (N-methyl/N-ethyl adjacent to an activating group) is 1. The van der Waals surface area contributed by atoms with E-state index >= 15 is 0 Å². The van der Waals surface area contributed by atoms with Crippen molar-refractivity contribution in [3.63, 3.8) is 0 Å². The molecule has 0 heterocycles. The minimum Gasteiger partial charge on any atom is -0.385 e. The molecule has 1 aliphatic rings. The van der Waals surface area contributed by atoms with E-state index in [-0.39, 0.29) is 24.0 Å². The highest BCUT2D eigenvalue weighted by Crippen LogP contribution is 2.28. The molecular weight excluding hydrogens is 369 g/mol. The maximum absolute atomic E-state index is 5.66. The molecule has 20 heavy (non-hydrogen) atoms. The van der Waals surface area contributed by atoms with Crippen LogP contribution in [0.4, 0.5) is 0 Å². The molecule has 0 saturated heterocycles. The van der Waals surface area contributed by atoms with Crippen LogP contribution in [0.1, 0.15) is 26.2 Å². The van der Waals surface area contributed by atoms with Crippen LogP contribution in [0.15, 0.2) is 4.99 Å². The summed E-state index contributed by atoms with van der Waals surface area (Å²) >= 11 is 0. The van der Waals surface area contributed by atoms with Gasteiger partial charge in [-0.05, 0) is 32.1 Å².